The first-order valence-corrected chi connectivity index (χ1v) is 4.74. The minimum atomic E-state index is -0.251. The molecule has 4 heteroatoms. The summed E-state index contributed by atoms with van der Waals surface area (Å²) >= 11 is 0. The third kappa shape index (κ3) is 2.05. The van der Waals surface area contributed by atoms with Crippen molar-refractivity contribution in [3.63, 3.8) is 0 Å². The molecule has 0 aliphatic carbocycles. The van der Waals surface area contributed by atoms with E-state index in [1.807, 2.05) is 19.2 Å². The molecular formula is C11H12FN3. The number of hydrogen-bond donors (Lipinski definition) is 1. The molecule has 0 radical (unpaired) electrons. The molecule has 1 heterocycles. The van der Waals surface area contributed by atoms with Crippen molar-refractivity contribution in [2.75, 3.05) is 7.05 Å². The van der Waals surface area contributed by atoms with E-state index >= 15 is 0 Å². The second kappa shape index (κ2) is 4.23. The van der Waals surface area contributed by atoms with Crippen molar-refractivity contribution in [1.82, 2.24) is 15.1 Å². The molecule has 3 nitrogen and oxygen atoms in total. The van der Waals surface area contributed by atoms with Crippen LogP contribution in [0.15, 0.2) is 36.5 Å². The Morgan fingerprint density at radius 2 is 2.27 bits per heavy atom. The average Bonchev–Trinajstić information content (AvgIpc) is 2.66. The molecule has 2 rings (SSSR count). The Bertz CT molecular complexity index is 451. The van der Waals surface area contributed by atoms with Crippen LogP contribution in [-0.4, -0.2) is 16.8 Å². The maximum Gasteiger partial charge on any atom is 0.125 e. The summed E-state index contributed by atoms with van der Waals surface area (Å²) < 4.78 is 14.7. The van der Waals surface area contributed by atoms with Gasteiger partial charge in [0.25, 0.3) is 0 Å². The van der Waals surface area contributed by atoms with Crippen LogP contribution in [0, 0.1) is 5.82 Å². The molecule has 0 fully saturated rings. The van der Waals surface area contributed by atoms with E-state index in [2.05, 4.69) is 10.4 Å². The number of aromatic nitrogens is 2. The zero-order valence-electron chi connectivity index (χ0n) is 8.44. The van der Waals surface area contributed by atoms with E-state index in [4.69, 9.17) is 0 Å². The van der Waals surface area contributed by atoms with E-state index in [0.29, 0.717) is 6.54 Å². The Labute approximate surface area is 87.5 Å². The second-order valence-electron chi connectivity index (χ2n) is 3.24. The Hall–Kier alpha value is -1.68. The minimum absolute atomic E-state index is 0.251. The first-order chi connectivity index (χ1) is 7.31. The molecule has 0 aliphatic heterocycles. The third-order valence-corrected chi connectivity index (χ3v) is 2.13. The molecule has 0 aliphatic rings. The molecule has 1 aromatic carbocycles. The molecule has 0 unspecified atom stereocenters. The summed E-state index contributed by atoms with van der Waals surface area (Å²) in [5.41, 5.74) is 1.74. The van der Waals surface area contributed by atoms with Gasteiger partial charge in [0, 0.05) is 12.7 Å². The number of nitrogens with one attached hydrogen (secondary N) is 1. The van der Waals surface area contributed by atoms with Gasteiger partial charge in [-0.3, -0.25) is 0 Å². The molecule has 78 valence electrons. The van der Waals surface area contributed by atoms with Crippen molar-refractivity contribution in [2.45, 2.75) is 6.54 Å². The van der Waals surface area contributed by atoms with E-state index in [1.165, 1.54) is 12.1 Å². The molecule has 0 bridgehead atoms. The van der Waals surface area contributed by atoms with Crippen LogP contribution in [0.4, 0.5) is 4.39 Å². The molecule has 0 spiro atoms. The van der Waals surface area contributed by atoms with Gasteiger partial charge in [-0.2, -0.15) is 5.10 Å². The molecule has 0 saturated carbocycles. The number of nitrogens with zero attached hydrogens (tertiary/aromatic N) is 2. The first kappa shape index (κ1) is 9.86. The number of halogens is 1. The number of benzene rings is 1. The summed E-state index contributed by atoms with van der Waals surface area (Å²) in [7, 11) is 1.86. The van der Waals surface area contributed by atoms with Gasteiger partial charge in [0.1, 0.15) is 5.82 Å². The maximum atomic E-state index is 13.0. The molecule has 15 heavy (non-hydrogen) atoms. The predicted octanol–water partition coefficient (Wildman–Crippen LogP) is 1.73. The lowest BCUT2D eigenvalue weighted by Crippen LogP contribution is -2.11. The SMILES string of the molecule is CNCc1ccnn1-c1cccc(F)c1. The normalized spacial score (nSPS) is 10.5. The average molecular weight is 205 g/mol. The van der Waals surface area contributed by atoms with Crippen molar-refractivity contribution >= 4 is 0 Å². The first-order valence-electron chi connectivity index (χ1n) is 4.74. The highest BCUT2D eigenvalue weighted by Gasteiger charge is 2.04. The highest BCUT2D eigenvalue weighted by Crippen LogP contribution is 2.11. The lowest BCUT2D eigenvalue weighted by Gasteiger charge is -2.06. The smallest absolute Gasteiger partial charge is 0.125 e. The minimum Gasteiger partial charge on any atom is -0.314 e. The summed E-state index contributed by atoms with van der Waals surface area (Å²) in [6.07, 6.45) is 1.71. The summed E-state index contributed by atoms with van der Waals surface area (Å²) in [6.45, 7) is 0.705. The predicted molar refractivity (Wildman–Crippen MR) is 56.3 cm³/mol. The molecular weight excluding hydrogens is 193 g/mol. The molecule has 1 N–H and O–H groups in total. The molecule has 0 saturated heterocycles. The van der Waals surface area contributed by atoms with Gasteiger partial charge in [-0.1, -0.05) is 6.07 Å². The van der Waals surface area contributed by atoms with E-state index in [9.17, 15) is 4.39 Å². The molecule has 0 amide bonds. The topological polar surface area (TPSA) is 29.9 Å². The maximum absolute atomic E-state index is 13.0. The standard InChI is InChI=1S/C11H12FN3/c1-13-8-11-5-6-14-15(11)10-4-2-3-9(12)7-10/h2-7,13H,8H2,1H3. The van der Waals surface area contributed by atoms with Crippen molar-refractivity contribution in [2.24, 2.45) is 0 Å². The van der Waals surface area contributed by atoms with Gasteiger partial charge in [-0.15, -0.1) is 0 Å². The monoisotopic (exact) mass is 205 g/mol. The highest BCUT2D eigenvalue weighted by molar-refractivity contribution is 5.32. The molecule has 1 aromatic heterocycles. The lowest BCUT2D eigenvalue weighted by atomic mass is 10.3. The largest absolute Gasteiger partial charge is 0.314 e. The summed E-state index contributed by atoms with van der Waals surface area (Å²) in [4.78, 5) is 0. The van der Waals surface area contributed by atoms with E-state index < -0.39 is 0 Å². The van der Waals surface area contributed by atoms with Crippen LogP contribution in [0.1, 0.15) is 5.69 Å². The summed E-state index contributed by atoms with van der Waals surface area (Å²) in [6, 6.07) is 8.29. The summed E-state index contributed by atoms with van der Waals surface area (Å²) in [5, 5.41) is 7.20. The van der Waals surface area contributed by atoms with Crippen molar-refractivity contribution in [3.05, 3.63) is 48.0 Å². The fraction of sp³-hybridized carbons (Fsp3) is 0.182. The third-order valence-electron chi connectivity index (χ3n) is 2.13. The Morgan fingerprint density at radius 1 is 1.40 bits per heavy atom. The second-order valence-corrected chi connectivity index (χ2v) is 3.24. The Balaban J connectivity index is 2.40. The Morgan fingerprint density at radius 3 is 3.00 bits per heavy atom. The molecule has 0 atom stereocenters. The van der Waals surface area contributed by atoms with Crippen LogP contribution in [0.2, 0.25) is 0 Å². The van der Waals surface area contributed by atoms with Crippen LogP contribution in [0.5, 0.6) is 0 Å². The van der Waals surface area contributed by atoms with Gasteiger partial charge in [0.15, 0.2) is 0 Å². The van der Waals surface area contributed by atoms with Gasteiger partial charge in [0.2, 0.25) is 0 Å². The number of hydrogen-bond acceptors (Lipinski definition) is 2. The summed E-state index contributed by atoms with van der Waals surface area (Å²) in [5.74, 6) is -0.251. The zero-order valence-corrected chi connectivity index (χ0v) is 8.44. The van der Waals surface area contributed by atoms with Gasteiger partial charge < -0.3 is 5.32 Å². The van der Waals surface area contributed by atoms with Crippen molar-refractivity contribution in [3.8, 4) is 5.69 Å². The van der Waals surface area contributed by atoms with Crippen molar-refractivity contribution < 1.29 is 4.39 Å². The van der Waals surface area contributed by atoms with Crippen LogP contribution in [-0.2, 0) is 6.54 Å². The zero-order chi connectivity index (χ0) is 10.7. The van der Waals surface area contributed by atoms with Crippen LogP contribution in [0.3, 0.4) is 0 Å². The fourth-order valence-corrected chi connectivity index (χ4v) is 1.49. The van der Waals surface area contributed by atoms with Crippen LogP contribution in [0.25, 0.3) is 5.69 Å². The van der Waals surface area contributed by atoms with Crippen molar-refractivity contribution in [1.29, 1.82) is 0 Å². The van der Waals surface area contributed by atoms with Gasteiger partial charge in [-0.05, 0) is 31.3 Å². The highest BCUT2D eigenvalue weighted by atomic mass is 19.1. The lowest BCUT2D eigenvalue weighted by molar-refractivity contribution is 0.624. The quantitative estimate of drug-likeness (QED) is 0.827. The molecule has 2 aromatic rings. The van der Waals surface area contributed by atoms with Gasteiger partial charge in [-0.25, -0.2) is 9.07 Å². The fourth-order valence-electron chi connectivity index (χ4n) is 1.49. The van der Waals surface area contributed by atoms with Crippen LogP contribution >= 0.6 is 0 Å². The number of rotatable bonds is 3. The van der Waals surface area contributed by atoms with Gasteiger partial charge in [0.05, 0.1) is 11.4 Å². The van der Waals surface area contributed by atoms with Gasteiger partial charge >= 0.3 is 0 Å². The Kier molecular flexibility index (Phi) is 2.78. The van der Waals surface area contributed by atoms with E-state index in [-0.39, 0.29) is 5.82 Å². The van der Waals surface area contributed by atoms with E-state index in [0.717, 1.165) is 11.4 Å². The van der Waals surface area contributed by atoms with Crippen LogP contribution < -0.4 is 5.32 Å². The van der Waals surface area contributed by atoms with E-state index in [1.54, 1.807) is 16.9 Å².